The highest BCUT2D eigenvalue weighted by atomic mass is 15.4. The molecule has 1 aliphatic rings. The molecule has 7 nitrogen and oxygen atoms in total. The molecule has 3 aromatic heterocycles. The van der Waals surface area contributed by atoms with Gasteiger partial charge in [-0.25, -0.2) is 9.97 Å². The molecule has 26 heavy (non-hydrogen) atoms. The molecule has 0 saturated carbocycles. The molecule has 0 saturated heterocycles. The van der Waals surface area contributed by atoms with E-state index in [4.69, 9.17) is 0 Å². The lowest BCUT2D eigenvalue weighted by Crippen LogP contribution is -2.37. The van der Waals surface area contributed by atoms with Crippen LogP contribution in [0.4, 0.5) is 5.82 Å². The Labute approximate surface area is 150 Å². The molecule has 130 valence electrons. The molecule has 1 N–H and O–H groups in total. The van der Waals surface area contributed by atoms with Gasteiger partial charge in [-0.1, -0.05) is 30.3 Å². The Morgan fingerprint density at radius 3 is 2.88 bits per heavy atom. The third-order valence-corrected chi connectivity index (χ3v) is 4.93. The van der Waals surface area contributed by atoms with Gasteiger partial charge in [0.25, 0.3) is 0 Å². The summed E-state index contributed by atoms with van der Waals surface area (Å²) in [7, 11) is 0. The number of H-pyrrole nitrogens is 1. The molecule has 4 heterocycles. The second kappa shape index (κ2) is 5.94. The van der Waals surface area contributed by atoms with E-state index >= 15 is 0 Å². The van der Waals surface area contributed by atoms with Crippen LogP contribution in [0.25, 0.3) is 11.0 Å². The normalized spacial score (nSPS) is 16.8. The fourth-order valence-electron chi connectivity index (χ4n) is 3.78. The fourth-order valence-corrected chi connectivity index (χ4v) is 3.78. The van der Waals surface area contributed by atoms with Crippen LogP contribution >= 0.6 is 0 Å². The highest BCUT2D eigenvalue weighted by molar-refractivity contribution is 5.87. The first-order valence-corrected chi connectivity index (χ1v) is 8.79. The minimum atomic E-state index is 0.274. The highest BCUT2D eigenvalue weighted by Crippen LogP contribution is 2.29. The number of aromatic nitrogens is 6. The Morgan fingerprint density at radius 2 is 2.00 bits per heavy atom. The summed E-state index contributed by atoms with van der Waals surface area (Å²) in [5, 5.41) is 9.98. The largest absolute Gasteiger partial charge is 0.346 e. The van der Waals surface area contributed by atoms with Crippen LogP contribution in [0.3, 0.4) is 0 Å². The van der Waals surface area contributed by atoms with Gasteiger partial charge in [0.15, 0.2) is 5.82 Å². The zero-order valence-electron chi connectivity index (χ0n) is 14.5. The number of benzene rings is 1. The maximum atomic E-state index is 4.52. The smallest absolute Gasteiger partial charge is 0.152 e. The molecule has 0 bridgehead atoms. The first-order chi connectivity index (χ1) is 12.8. The molecule has 1 aromatic carbocycles. The summed E-state index contributed by atoms with van der Waals surface area (Å²) in [5.41, 5.74) is 2.11. The minimum absolute atomic E-state index is 0.274. The number of anilines is 1. The van der Waals surface area contributed by atoms with E-state index in [2.05, 4.69) is 65.8 Å². The zero-order valence-corrected chi connectivity index (χ0v) is 14.5. The lowest BCUT2D eigenvalue weighted by atomic mass is 10.1. The standard InChI is InChI=1S/C19H19N7/c1-13-10-25(19-15-7-8-20-18(15)21-12-22-19)11-17-24-23-16(26(13)17)9-14-5-3-2-4-6-14/h2-8,12-13H,9-11H2,1H3,(H,20,21,22)/t13-/m0/s1. The molecule has 0 spiro atoms. The molecule has 1 aliphatic heterocycles. The average molecular weight is 345 g/mol. The summed E-state index contributed by atoms with van der Waals surface area (Å²) >= 11 is 0. The Balaban J connectivity index is 1.48. The van der Waals surface area contributed by atoms with E-state index in [1.165, 1.54) is 5.56 Å². The molecule has 0 aliphatic carbocycles. The molecule has 1 atom stereocenters. The number of hydrogen-bond donors (Lipinski definition) is 1. The van der Waals surface area contributed by atoms with Crippen molar-refractivity contribution in [1.82, 2.24) is 29.7 Å². The average Bonchev–Trinajstić information content (AvgIpc) is 3.29. The number of fused-ring (bicyclic) bond motifs is 2. The van der Waals surface area contributed by atoms with Crippen molar-refractivity contribution in [2.24, 2.45) is 0 Å². The van der Waals surface area contributed by atoms with E-state index in [-0.39, 0.29) is 6.04 Å². The number of hydrogen-bond acceptors (Lipinski definition) is 5. The number of rotatable bonds is 3. The van der Waals surface area contributed by atoms with E-state index in [0.29, 0.717) is 6.54 Å². The highest BCUT2D eigenvalue weighted by Gasteiger charge is 2.28. The van der Waals surface area contributed by atoms with Crippen molar-refractivity contribution < 1.29 is 0 Å². The van der Waals surface area contributed by atoms with E-state index in [9.17, 15) is 0 Å². The van der Waals surface area contributed by atoms with Gasteiger partial charge in [0.05, 0.1) is 18.0 Å². The number of nitrogens with zero attached hydrogens (tertiary/aromatic N) is 6. The van der Waals surface area contributed by atoms with E-state index < -0.39 is 0 Å². The molecule has 4 aromatic rings. The predicted octanol–water partition coefficient (Wildman–Crippen LogP) is 2.72. The van der Waals surface area contributed by atoms with Crippen molar-refractivity contribution in [1.29, 1.82) is 0 Å². The first kappa shape index (κ1) is 15.1. The van der Waals surface area contributed by atoms with Crippen molar-refractivity contribution in [3.8, 4) is 0 Å². The van der Waals surface area contributed by atoms with Crippen molar-refractivity contribution >= 4 is 16.9 Å². The molecule has 0 radical (unpaired) electrons. The van der Waals surface area contributed by atoms with E-state index in [0.717, 1.165) is 41.5 Å². The molecule has 0 fully saturated rings. The summed E-state index contributed by atoms with van der Waals surface area (Å²) in [6, 6.07) is 12.7. The Hall–Kier alpha value is -3.22. The fraction of sp³-hybridized carbons (Fsp3) is 0.263. The van der Waals surface area contributed by atoms with Gasteiger partial charge in [0, 0.05) is 19.2 Å². The third-order valence-electron chi connectivity index (χ3n) is 4.93. The summed E-state index contributed by atoms with van der Waals surface area (Å²) in [5.74, 6) is 2.95. The van der Waals surface area contributed by atoms with Crippen LogP contribution in [0.1, 0.15) is 30.2 Å². The third kappa shape index (κ3) is 2.44. The summed E-state index contributed by atoms with van der Waals surface area (Å²) < 4.78 is 2.28. The van der Waals surface area contributed by atoms with E-state index in [1.807, 2.05) is 18.3 Å². The number of nitrogens with one attached hydrogen (secondary N) is 1. The van der Waals surface area contributed by atoms with Crippen LogP contribution < -0.4 is 4.90 Å². The second-order valence-corrected chi connectivity index (χ2v) is 6.73. The van der Waals surface area contributed by atoms with Crippen molar-refractivity contribution in [2.75, 3.05) is 11.4 Å². The summed E-state index contributed by atoms with van der Waals surface area (Å²) in [4.78, 5) is 14.2. The lowest BCUT2D eigenvalue weighted by Gasteiger charge is -2.33. The minimum Gasteiger partial charge on any atom is -0.346 e. The SMILES string of the molecule is C[C@H]1CN(c2ncnc3[nH]ccc23)Cc2nnc(Cc3ccccc3)n21. The van der Waals surface area contributed by atoms with Crippen molar-refractivity contribution in [3.05, 3.63) is 66.1 Å². The summed E-state index contributed by atoms with van der Waals surface area (Å²) in [6.45, 7) is 3.77. The predicted molar refractivity (Wildman–Crippen MR) is 98.9 cm³/mol. The molecule has 0 unspecified atom stereocenters. The second-order valence-electron chi connectivity index (χ2n) is 6.73. The van der Waals surface area contributed by atoms with Gasteiger partial charge < -0.3 is 14.5 Å². The molecular weight excluding hydrogens is 326 g/mol. The van der Waals surface area contributed by atoms with Crippen LogP contribution in [-0.4, -0.2) is 36.3 Å². The van der Waals surface area contributed by atoms with Gasteiger partial charge in [-0.2, -0.15) is 0 Å². The zero-order chi connectivity index (χ0) is 17.5. The van der Waals surface area contributed by atoms with Crippen LogP contribution in [-0.2, 0) is 13.0 Å². The van der Waals surface area contributed by atoms with Crippen LogP contribution in [0.2, 0.25) is 0 Å². The van der Waals surface area contributed by atoms with E-state index in [1.54, 1.807) is 6.33 Å². The molecule has 7 heteroatoms. The van der Waals surface area contributed by atoms with Gasteiger partial charge in [0.2, 0.25) is 0 Å². The maximum absolute atomic E-state index is 4.52. The topological polar surface area (TPSA) is 75.5 Å². The molecule has 0 amide bonds. The number of aromatic amines is 1. The van der Waals surface area contributed by atoms with Crippen LogP contribution in [0, 0.1) is 0 Å². The van der Waals surface area contributed by atoms with Gasteiger partial charge in [-0.3, -0.25) is 0 Å². The van der Waals surface area contributed by atoms with Crippen LogP contribution in [0.15, 0.2) is 48.9 Å². The lowest BCUT2D eigenvalue weighted by molar-refractivity contribution is 0.450. The van der Waals surface area contributed by atoms with Crippen molar-refractivity contribution in [2.45, 2.75) is 25.9 Å². The molecule has 5 rings (SSSR count). The Bertz CT molecular complexity index is 1050. The van der Waals surface area contributed by atoms with Gasteiger partial charge in [-0.15, -0.1) is 10.2 Å². The molecular formula is C19H19N7. The van der Waals surface area contributed by atoms with Crippen molar-refractivity contribution in [3.63, 3.8) is 0 Å². The van der Waals surface area contributed by atoms with Gasteiger partial charge >= 0.3 is 0 Å². The quantitative estimate of drug-likeness (QED) is 0.618. The van der Waals surface area contributed by atoms with Crippen LogP contribution in [0.5, 0.6) is 0 Å². The Kier molecular flexibility index (Phi) is 3.44. The monoisotopic (exact) mass is 345 g/mol. The van der Waals surface area contributed by atoms with Gasteiger partial charge in [-0.05, 0) is 18.6 Å². The van der Waals surface area contributed by atoms with Gasteiger partial charge in [0.1, 0.15) is 23.6 Å². The first-order valence-electron chi connectivity index (χ1n) is 8.79. The summed E-state index contributed by atoms with van der Waals surface area (Å²) in [6.07, 6.45) is 4.31. The Morgan fingerprint density at radius 1 is 1.12 bits per heavy atom. The maximum Gasteiger partial charge on any atom is 0.152 e.